The number of hydrogen-bond donors (Lipinski definition) is 0. The van der Waals surface area contributed by atoms with Crippen molar-refractivity contribution in [1.29, 1.82) is 0 Å². The van der Waals surface area contributed by atoms with Crippen LogP contribution in [0.15, 0.2) is 264 Å². The van der Waals surface area contributed by atoms with E-state index in [4.69, 9.17) is 8.83 Å². The minimum atomic E-state index is -0.815. The van der Waals surface area contributed by atoms with Crippen molar-refractivity contribution in [3.8, 4) is 11.1 Å². The summed E-state index contributed by atoms with van der Waals surface area (Å²) in [6.45, 7) is 8.98. The summed E-state index contributed by atoms with van der Waals surface area (Å²) in [6.07, 6.45) is 0. The van der Waals surface area contributed by atoms with Crippen molar-refractivity contribution in [2.24, 2.45) is 0 Å². The Morgan fingerprint density at radius 1 is 0.291 bits per heavy atom. The summed E-state index contributed by atoms with van der Waals surface area (Å²) in [5, 5.41) is 9.07. The Morgan fingerprint density at radius 3 is 0.987 bits per heavy atom. The molecule has 1 aliphatic carbocycles. The second kappa shape index (κ2) is 18.3. The van der Waals surface area contributed by atoms with Crippen molar-refractivity contribution in [3.63, 3.8) is 0 Å². The van der Waals surface area contributed by atoms with E-state index in [0.717, 1.165) is 88.8 Å². The minimum absolute atomic E-state index is 0.289. The van der Waals surface area contributed by atoms with E-state index < -0.39 is 5.41 Å². The second-order valence-electron chi connectivity index (χ2n) is 21.8. The highest BCUT2D eigenvalue weighted by atomic mass is 16.3. The lowest BCUT2D eigenvalue weighted by Crippen LogP contribution is -2.29. The number of nitrogens with zero attached hydrogens (tertiary/aromatic N) is 2. The third kappa shape index (κ3) is 6.93. The molecule has 0 saturated heterocycles. The van der Waals surface area contributed by atoms with Gasteiger partial charge in [-0.1, -0.05) is 234 Å². The fourth-order valence-electron chi connectivity index (χ4n) is 13.4. The molecule has 0 bridgehead atoms. The predicted molar refractivity (Wildman–Crippen MR) is 331 cm³/mol. The second-order valence-corrected chi connectivity index (χ2v) is 21.8. The molecule has 79 heavy (non-hydrogen) atoms. The van der Waals surface area contributed by atoms with Crippen molar-refractivity contribution in [1.82, 2.24) is 0 Å². The van der Waals surface area contributed by atoms with Crippen LogP contribution in [0.2, 0.25) is 0 Å². The van der Waals surface area contributed by atoms with Crippen molar-refractivity contribution in [2.45, 2.75) is 44.9 Å². The van der Waals surface area contributed by atoms with Crippen molar-refractivity contribution in [2.75, 3.05) is 9.80 Å². The molecule has 0 radical (unpaired) electrons. The standard InChI is InChI=1S/C75H56N2O2/c1-47(2)53-37-21-39-59-61-41-23-43-65(73(61)78-71(53)59)76(51-29-13-7-14-30-51)67-45-63-69(57-35-19-17-33-55(57)67)70-58-36-20-18-34-56(58)68(46-64(70)75(63,49-25-9-5-10-26-49)50-27-11-6-12-28-50)77(52-31-15-8-16-32-52)66-44-24-42-62-60-40-22-38-54(48(3)4)72(60)79-74(62)66/h5-48H,1-4H3. The molecular weight excluding hydrogens is 961 g/mol. The van der Waals surface area contributed by atoms with Crippen molar-refractivity contribution in [3.05, 3.63) is 288 Å². The van der Waals surface area contributed by atoms with Gasteiger partial charge in [0, 0.05) is 43.7 Å². The highest BCUT2D eigenvalue weighted by Gasteiger charge is 2.49. The Kier molecular flexibility index (Phi) is 10.8. The quantitative estimate of drug-likeness (QED) is 0.137. The fraction of sp³-hybridized carbons (Fsp3) is 0.0933. The zero-order valence-electron chi connectivity index (χ0n) is 44.6. The maximum absolute atomic E-state index is 7.20. The van der Waals surface area contributed by atoms with Gasteiger partial charge in [0.05, 0.1) is 28.2 Å². The Balaban J connectivity index is 1.09. The number of para-hydroxylation sites is 6. The van der Waals surface area contributed by atoms with Gasteiger partial charge in [-0.15, -0.1) is 0 Å². The number of furan rings is 2. The SMILES string of the molecule is CC(C)c1cccc2c1oc1c(N(c3ccccc3)c3cc4c(c5ccccc35)-c3c(cc(N(c5ccccc5)c5cccc6c5oc5c(C(C)C)cccc56)c5ccccc35)C4(c3ccccc3)c3ccccc3)cccc12. The number of anilines is 6. The molecule has 2 heterocycles. The molecule has 2 aromatic heterocycles. The zero-order valence-corrected chi connectivity index (χ0v) is 44.6. The molecule has 0 amide bonds. The molecule has 1 aliphatic rings. The first-order valence-corrected chi connectivity index (χ1v) is 27.7. The summed E-state index contributed by atoms with van der Waals surface area (Å²) in [4.78, 5) is 4.90. The van der Waals surface area contributed by atoms with E-state index in [1.165, 1.54) is 55.3 Å². The average Bonchev–Trinajstić information content (AvgIpc) is 2.89. The molecule has 0 aliphatic heterocycles. The number of fused-ring (bicyclic) bond motifs is 13. The molecule has 0 spiro atoms. The smallest absolute Gasteiger partial charge is 0.159 e. The van der Waals surface area contributed by atoms with E-state index in [9.17, 15) is 0 Å². The lowest BCUT2D eigenvalue weighted by molar-refractivity contribution is 0.657. The molecule has 378 valence electrons. The first-order valence-electron chi connectivity index (χ1n) is 27.7. The molecule has 0 unspecified atom stereocenters. The zero-order chi connectivity index (χ0) is 52.9. The largest absolute Gasteiger partial charge is 0.454 e. The van der Waals surface area contributed by atoms with E-state index in [0.29, 0.717) is 0 Å². The Hall–Kier alpha value is -9.64. The first-order chi connectivity index (χ1) is 38.9. The van der Waals surface area contributed by atoms with Gasteiger partial charge in [-0.25, -0.2) is 0 Å². The van der Waals surface area contributed by atoms with Crippen LogP contribution in [0.5, 0.6) is 0 Å². The van der Waals surface area contributed by atoms with E-state index in [2.05, 4.69) is 292 Å². The predicted octanol–water partition coefficient (Wildman–Crippen LogP) is 21.3. The molecular formula is C75H56N2O2. The monoisotopic (exact) mass is 1020 g/mol. The van der Waals surface area contributed by atoms with E-state index in [1.807, 2.05) is 0 Å². The maximum Gasteiger partial charge on any atom is 0.159 e. The Labute approximate surface area is 460 Å². The maximum atomic E-state index is 7.20. The van der Waals surface area contributed by atoms with Crippen LogP contribution >= 0.6 is 0 Å². The van der Waals surface area contributed by atoms with Gasteiger partial charge in [-0.05, 0) is 116 Å². The van der Waals surface area contributed by atoms with Crippen LogP contribution in [0.1, 0.15) is 72.9 Å². The summed E-state index contributed by atoms with van der Waals surface area (Å²) in [5.74, 6) is 0.579. The van der Waals surface area contributed by atoms with E-state index in [1.54, 1.807) is 0 Å². The Bertz CT molecular complexity index is 4370. The van der Waals surface area contributed by atoms with Gasteiger partial charge in [0.2, 0.25) is 0 Å². The number of hydrogen-bond acceptors (Lipinski definition) is 4. The summed E-state index contributed by atoms with van der Waals surface area (Å²) in [5.41, 5.74) is 18.6. The van der Waals surface area contributed by atoms with Crippen LogP contribution in [0.4, 0.5) is 34.1 Å². The average molecular weight is 1020 g/mol. The molecule has 12 aromatic carbocycles. The first kappa shape index (κ1) is 46.6. The topological polar surface area (TPSA) is 32.8 Å². The fourth-order valence-corrected chi connectivity index (χ4v) is 13.4. The van der Waals surface area contributed by atoms with Crippen LogP contribution in [0, 0.1) is 0 Å². The summed E-state index contributed by atoms with van der Waals surface area (Å²) < 4.78 is 14.4. The molecule has 0 N–H and O–H groups in total. The van der Waals surface area contributed by atoms with Gasteiger partial charge in [0.25, 0.3) is 0 Å². The lowest BCUT2D eigenvalue weighted by Gasteiger charge is -2.36. The van der Waals surface area contributed by atoms with Crippen molar-refractivity contribution >= 4 is 99.5 Å². The van der Waals surface area contributed by atoms with Gasteiger partial charge >= 0.3 is 0 Å². The molecule has 4 nitrogen and oxygen atoms in total. The minimum Gasteiger partial charge on any atom is -0.454 e. The lowest BCUT2D eigenvalue weighted by atomic mass is 9.67. The molecule has 14 aromatic rings. The summed E-state index contributed by atoms with van der Waals surface area (Å²) in [7, 11) is 0. The van der Waals surface area contributed by atoms with Crippen molar-refractivity contribution < 1.29 is 8.83 Å². The molecule has 0 fully saturated rings. The van der Waals surface area contributed by atoms with Gasteiger partial charge in [-0.2, -0.15) is 0 Å². The Morgan fingerprint density at radius 2 is 0.608 bits per heavy atom. The third-order valence-corrected chi connectivity index (χ3v) is 16.8. The van der Waals surface area contributed by atoms with Gasteiger partial charge in [0.1, 0.15) is 11.2 Å². The summed E-state index contributed by atoms with van der Waals surface area (Å²) in [6, 6.07) is 93.7. The molecule has 0 atom stereocenters. The number of benzene rings is 12. The third-order valence-electron chi connectivity index (χ3n) is 16.8. The van der Waals surface area contributed by atoms with Crippen LogP contribution < -0.4 is 9.80 Å². The van der Waals surface area contributed by atoms with Crippen LogP contribution in [0.3, 0.4) is 0 Å². The van der Waals surface area contributed by atoms with Crippen LogP contribution in [-0.2, 0) is 5.41 Å². The molecule has 0 saturated carbocycles. The van der Waals surface area contributed by atoms with Gasteiger partial charge in [0.15, 0.2) is 11.2 Å². The molecule has 15 rings (SSSR count). The normalized spacial score (nSPS) is 12.9. The molecule has 4 heteroatoms. The van der Waals surface area contributed by atoms with Crippen LogP contribution in [-0.4, -0.2) is 0 Å². The summed E-state index contributed by atoms with van der Waals surface area (Å²) >= 11 is 0. The number of rotatable bonds is 10. The van der Waals surface area contributed by atoms with Gasteiger partial charge in [-0.3, -0.25) is 0 Å². The van der Waals surface area contributed by atoms with E-state index in [-0.39, 0.29) is 11.8 Å². The van der Waals surface area contributed by atoms with Crippen LogP contribution in [0.25, 0.3) is 76.5 Å². The highest BCUT2D eigenvalue weighted by Crippen LogP contribution is 2.63. The van der Waals surface area contributed by atoms with Gasteiger partial charge < -0.3 is 18.6 Å². The highest BCUT2D eigenvalue weighted by molar-refractivity contribution is 6.20. The van der Waals surface area contributed by atoms with E-state index >= 15 is 0 Å².